The van der Waals surface area contributed by atoms with Gasteiger partial charge in [0, 0.05) is 13.2 Å². The molecule has 2 rings (SSSR count). The third-order valence-corrected chi connectivity index (χ3v) is 2.95. The molecule has 0 aliphatic heterocycles. The van der Waals surface area contributed by atoms with E-state index in [0.717, 1.165) is 5.52 Å². The number of fused-ring (bicyclic) bond motifs is 1. The first-order valence-corrected chi connectivity index (χ1v) is 6.11. The number of aromatic amines is 1. The van der Waals surface area contributed by atoms with Gasteiger partial charge in [-0.25, -0.2) is 4.98 Å². The largest absolute Gasteiger partial charge is 0.396 e. The van der Waals surface area contributed by atoms with Gasteiger partial charge in [0.25, 0.3) is 0 Å². The Bertz CT molecular complexity index is 539. The van der Waals surface area contributed by atoms with E-state index in [4.69, 9.17) is 16.7 Å². The number of aliphatic hydroxyl groups excluding tert-OH is 1. The molecular weight excluding hydrogens is 254 g/mol. The van der Waals surface area contributed by atoms with Gasteiger partial charge in [-0.1, -0.05) is 13.8 Å². The van der Waals surface area contributed by atoms with Gasteiger partial charge in [0.15, 0.2) is 11.5 Å². The number of H-pyrrole nitrogens is 1. The Morgan fingerprint density at radius 1 is 1.44 bits per heavy atom. The summed E-state index contributed by atoms with van der Waals surface area (Å²) >= 11 is 5.84. The molecule has 0 radical (unpaired) electrons. The van der Waals surface area contributed by atoms with Crippen molar-refractivity contribution >= 4 is 28.6 Å². The first-order valence-electron chi connectivity index (χ1n) is 5.73. The highest BCUT2D eigenvalue weighted by Gasteiger charge is 2.18. The molecule has 0 aliphatic rings. The number of rotatable bonds is 5. The Morgan fingerprint density at radius 2 is 2.22 bits per heavy atom. The molecule has 2 heterocycles. The number of imidazole rings is 1. The van der Waals surface area contributed by atoms with Crippen LogP contribution in [-0.4, -0.2) is 38.2 Å². The predicted octanol–water partition coefficient (Wildman–Crippen LogP) is 1.83. The molecule has 6 nitrogen and oxygen atoms in total. The maximum absolute atomic E-state index is 8.99. The summed E-state index contributed by atoms with van der Waals surface area (Å²) in [5.41, 5.74) is 1.25. The summed E-state index contributed by atoms with van der Waals surface area (Å²) in [6.45, 7) is 4.99. The summed E-state index contributed by atoms with van der Waals surface area (Å²) in [5.74, 6) is 0.633. The third kappa shape index (κ3) is 2.88. The van der Waals surface area contributed by atoms with Gasteiger partial charge >= 0.3 is 0 Å². The van der Waals surface area contributed by atoms with E-state index in [1.54, 1.807) is 6.33 Å². The van der Waals surface area contributed by atoms with E-state index in [9.17, 15) is 0 Å². The molecule has 0 spiro atoms. The van der Waals surface area contributed by atoms with Crippen LogP contribution < -0.4 is 5.32 Å². The van der Waals surface area contributed by atoms with Crippen molar-refractivity contribution in [1.82, 2.24) is 19.9 Å². The zero-order valence-corrected chi connectivity index (χ0v) is 11.1. The summed E-state index contributed by atoms with van der Waals surface area (Å²) in [5, 5.41) is 12.4. The number of aliphatic hydroxyl groups is 1. The SMILES string of the molecule is CC(C)(CCO)CNc1nc(Cl)nc2nc[nH]c12. The number of nitrogens with one attached hydrogen (secondary N) is 2. The van der Waals surface area contributed by atoms with Gasteiger partial charge < -0.3 is 15.4 Å². The summed E-state index contributed by atoms with van der Waals surface area (Å²) in [6, 6.07) is 0. The van der Waals surface area contributed by atoms with Crippen molar-refractivity contribution in [2.24, 2.45) is 5.41 Å². The molecule has 0 bridgehead atoms. The fourth-order valence-corrected chi connectivity index (χ4v) is 1.81. The molecule has 0 fully saturated rings. The van der Waals surface area contributed by atoms with Crippen LogP contribution in [0.4, 0.5) is 5.82 Å². The molecule has 98 valence electrons. The van der Waals surface area contributed by atoms with E-state index in [1.165, 1.54) is 0 Å². The van der Waals surface area contributed by atoms with E-state index < -0.39 is 0 Å². The van der Waals surface area contributed by atoms with Crippen LogP contribution in [0.3, 0.4) is 0 Å². The van der Waals surface area contributed by atoms with Crippen molar-refractivity contribution in [1.29, 1.82) is 0 Å². The van der Waals surface area contributed by atoms with Crippen molar-refractivity contribution in [3.8, 4) is 0 Å². The second kappa shape index (κ2) is 5.07. The van der Waals surface area contributed by atoms with Crippen LogP contribution in [0.25, 0.3) is 11.2 Å². The smallest absolute Gasteiger partial charge is 0.226 e. The molecule has 0 saturated heterocycles. The Balaban J connectivity index is 2.19. The van der Waals surface area contributed by atoms with Crippen LogP contribution in [-0.2, 0) is 0 Å². The lowest BCUT2D eigenvalue weighted by Crippen LogP contribution is -2.24. The monoisotopic (exact) mass is 269 g/mol. The molecule has 0 unspecified atom stereocenters. The van der Waals surface area contributed by atoms with Crippen LogP contribution >= 0.6 is 11.6 Å². The van der Waals surface area contributed by atoms with Crippen molar-refractivity contribution in [2.75, 3.05) is 18.5 Å². The number of hydrogen-bond donors (Lipinski definition) is 3. The molecular formula is C11H16ClN5O. The number of aromatic nitrogens is 4. The molecule has 2 aromatic rings. The standard InChI is InChI=1S/C11H16ClN5O/c1-11(2,3-4-18)5-13-8-7-9(15-6-14-7)17-10(12)16-8/h6,18H,3-5H2,1-2H3,(H2,13,14,15,16,17). The molecule has 18 heavy (non-hydrogen) atoms. The Kier molecular flexibility index (Phi) is 3.68. The van der Waals surface area contributed by atoms with Gasteiger partial charge in [-0.05, 0) is 23.4 Å². The first-order chi connectivity index (χ1) is 8.52. The van der Waals surface area contributed by atoms with Crippen LogP contribution in [0.2, 0.25) is 5.28 Å². The highest BCUT2D eigenvalue weighted by molar-refractivity contribution is 6.28. The summed E-state index contributed by atoms with van der Waals surface area (Å²) in [7, 11) is 0. The van der Waals surface area contributed by atoms with Gasteiger partial charge in [0.2, 0.25) is 5.28 Å². The minimum atomic E-state index is -0.0292. The second-order valence-electron chi connectivity index (χ2n) is 4.93. The lowest BCUT2D eigenvalue weighted by Gasteiger charge is -2.24. The molecule has 0 amide bonds. The maximum Gasteiger partial charge on any atom is 0.226 e. The fourth-order valence-electron chi connectivity index (χ4n) is 1.65. The molecule has 0 atom stereocenters. The summed E-state index contributed by atoms with van der Waals surface area (Å²) < 4.78 is 0. The zero-order chi connectivity index (χ0) is 13.2. The van der Waals surface area contributed by atoms with Gasteiger partial charge in [-0.15, -0.1) is 0 Å². The molecule has 2 aromatic heterocycles. The molecule has 0 aromatic carbocycles. The quantitative estimate of drug-likeness (QED) is 0.721. The van der Waals surface area contributed by atoms with Crippen molar-refractivity contribution in [3.05, 3.63) is 11.6 Å². The second-order valence-corrected chi connectivity index (χ2v) is 5.27. The van der Waals surface area contributed by atoms with Crippen molar-refractivity contribution in [3.63, 3.8) is 0 Å². The van der Waals surface area contributed by atoms with E-state index in [-0.39, 0.29) is 17.3 Å². The Morgan fingerprint density at radius 3 is 2.94 bits per heavy atom. The van der Waals surface area contributed by atoms with E-state index >= 15 is 0 Å². The number of nitrogens with zero attached hydrogens (tertiary/aromatic N) is 3. The van der Waals surface area contributed by atoms with Gasteiger partial charge in [-0.2, -0.15) is 9.97 Å². The van der Waals surface area contributed by atoms with Crippen LogP contribution in [0.1, 0.15) is 20.3 Å². The van der Waals surface area contributed by atoms with Crippen LogP contribution in [0.15, 0.2) is 6.33 Å². The van der Waals surface area contributed by atoms with Gasteiger partial charge in [0.1, 0.15) is 5.52 Å². The maximum atomic E-state index is 8.99. The normalized spacial score (nSPS) is 12.0. The fraction of sp³-hybridized carbons (Fsp3) is 0.545. The number of anilines is 1. The van der Waals surface area contributed by atoms with Gasteiger partial charge in [-0.3, -0.25) is 0 Å². The third-order valence-electron chi connectivity index (χ3n) is 2.78. The minimum Gasteiger partial charge on any atom is -0.396 e. The first kappa shape index (κ1) is 13.0. The average Bonchev–Trinajstić information content (AvgIpc) is 2.73. The van der Waals surface area contributed by atoms with Crippen molar-refractivity contribution < 1.29 is 5.11 Å². The zero-order valence-electron chi connectivity index (χ0n) is 10.4. The minimum absolute atomic E-state index is 0.0292. The summed E-state index contributed by atoms with van der Waals surface area (Å²) in [6.07, 6.45) is 2.27. The molecule has 3 N–H and O–H groups in total. The van der Waals surface area contributed by atoms with Gasteiger partial charge in [0.05, 0.1) is 6.33 Å². The Labute approximate surface area is 110 Å². The average molecular weight is 270 g/mol. The van der Waals surface area contributed by atoms with Crippen molar-refractivity contribution in [2.45, 2.75) is 20.3 Å². The number of halogens is 1. The molecule has 7 heteroatoms. The lowest BCUT2D eigenvalue weighted by molar-refractivity contribution is 0.220. The lowest BCUT2D eigenvalue weighted by atomic mass is 9.90. The predicted molar refractivity (Wildman–Crippen MR) is 70.7 cm³/mol. The van der Waals surface area contributed by atoms with E-state index in [1.807, 2.05) is 0 Å². The van der Waals surface area contributed by atoms with E-state index in [2.05, 4.69) is 39.1 Å². The molecule has 0 aliphatic carbocycles. The van der Waals surface area contributed by atoms with Crippen LogP contribution in [0, 0.1) is 5.41 Å². The topological polar surface area (TPSA) is 86.7 Å². The Hall–Kier alpha value is -1.40. The highest BCUT2D eigenvalue weighted by Crippen LogP contribution is 2.23. The summed E-state index contributed by atoms with van der Waals surface area (Å²) in [4.78, 5) is 15.2. The number of hydrogen-bond acceptors (Lipinski definition) is 5. The molecule has 0 saturated carbocycles. The highest BCUT2D eigenvalue weighted by atomic mass is 35.5. The van der Waals surface area contributed by atoms with E-state index in [0.29, 0.717) is 24.4 Å². The van der Waals surface area contributed by atoms with Crippen LogP contribution in [0.5, 0.6) is 0 Å².